The lowest BCUT2D eigenvalue weighted by Crippen LogP contribution is -2.30. The lowest BCUT2D eigenvalue weighted by Gasteiger charge is -2.36. The van der Waals surface area contributed by atoms with E-state index in [1.165, 1.54) is 61.2 Å². The maximum Gasteiger partial charge on any atom is 0.0719 e. The van der Waals surface area contributed by atoms with Gasteiger partial charge in [-0.1, -0.05) is 141 Å². The molecule has 0 unspecified atom stereocenters. The van der Waals surface area contributed by atoms with Crippen molar-refractivity contribution in [2.75, 3.05) is 0 Å². The molecule has 0 saturated carbocycles. The minimum atomic E-state index is -0.485. The van der Waals surface area contributed by atoms with Gasteiger partial charge in [0.25, 0.3) is 0 Å². The number of hydrogen-bond acceptors (Lipinski definition) is 0. The summed E-state index contributed by atoms with van der Waals surface area (Å²) in [6, 6.07) is 51.2. The maximum atomic E-state index is 6.57. The highest BCUT2D eigenvalue weighted by molar-refractivity contribution is 6.30. The van der Waals surface area contributed by atoms with Crippen LogP contribution in [-0.2, 0) is 10.8 Å². The van der Waals surface area contributed by atoms with Gasteiger partial charge in [0.05, 0.1) is 5.41 Å². The van der Waals surface area contributed by atoms with Crippen LogP contribution in [0, 0.1) is 0 Å². The molecule has 0 atom stereocenters. The summed E-state index contributed by atoms with van der Waals surface area (Å²) in [5.74, 6) is 0. The molecule has 0 spiro atoms. The third-order valence-electron chi connectivity index (χ3n) is 9.40. The topological polar surface area (TPSA) is 0 Å². The SMILES string of the molecule is CC1(C)c2ccccc2-c2c1cc(-c1cccc(Cl)c1)cc2C1(c2ccccc2)c2ccccc2-c2ccccc21. The highest BCUT2D eigenvalue weighted by Gasteiger charge is 2.49. The molecule has 196 valence electrons. The third kappa shape index (κ3) is 3.29. The van der Waals surface area contributed by atoms with E-state index in [0.29, 0.717) is 0 Å². The number of benzene rings is 6. The number of hydrogen-bond donors (Lipinski definition) is 0. The quantitative estimate of drug-likeness (QED) is 0.207. The van der Waals surface area contributed by atoms with Gasteiger partial charge in [-0.3, -0.25) is 0 Å². The van der Waals surface area contributed by atoms with Gasteiger partial charge < -0.3 is 0 Å². The van der Waals surface area contributed by atoms with Crippen molar-refractivity contribution in [1.29, 1.82) is 0 Å². The predicted octanol–water partition coefficient (Wildman–Crippen LogP) is 10.7. The summed E-state index contributed by atoms with van der Waals surface area (Å²) in [7, 11) is 0. The standard InChI is InChI=1S/C40H29Cl/c1-39(2)33-20-9-8-19-32(33)38-36(39)24-27(26-13-12-16-29(41)23-26)25-37(38)40(28-14-4-3-5-15-28)34-21-10-6-17-30(34)31-18-7-11-22-35(31)40/h3-25H,1-2H3. The monoisotopic (exact) mass is 544 g/mol. The second kappa shape index (κ2) is 8.80. The van der Waals surface area contributed by atoms with Crippen LogP contribution >= 0.6 is 11.6 Å². The molecule has 0 heterocycles. The van der Waals surface area contributed by atoms with Crippen LogP contribution in [0.4, 0.5) is 0 Å². The number of halogens is 1. The molecule has 1 heteroatoms. The van der Waals surface area contributed by atoms with Gasteiger partial charge in [-0.2, -0.15) is 0 Å². The van der Waals surface area contributed by atoms with E-state index in [1.807, 2.05) is 6.07 Å². The molecule has 0 amide bonds. The molecule has 6 aromatic rings. The highest BCUT2D eigenvalue weighted by atomic mass is 35.5. The summed E-state index contributed by atoms with van der Waals surface area (Å²) in [6.07, 6.45) is 0. The van der Waals surface area contributed by atoms with E-state index in [-0.39, 0.29) is 5.41 Å². The van der Waals surface area contributed by atoms with Gasteiger partial charge >= 0.3 is 0 Å². The van der Waals surface area contributed by atoms with Crippen molar-refractivity contribution >= 4 is 11.6 Å². The Labute approximate surface area is 246 Å². The van der Waals surface area contributed by atoms with Crippen LogP contribution < -0.4 is 0 Å². The van der Waals surface area contributed by atoms with Crippen molar-refractivity contribution in [1.82, 2.24) is 0 Å². The average Bonchev–Trinajstić information content (AvgIpc) is 3.44. The molecular weight excluding hydrogens is 516 g/mol. The molecule has 2 aliphatic rings. The van der Waals surface area contributed by atoms with Crippen molar-refractivity contribution < 1.29 is 0 Å². The summed E-state index contributed by atoms with van der Waals surface area (Å²) >= 11 is 6.57. The molecule has 0 fully saturated rings. The smallest absolute Gasteiger partial charge is 0.0719 e. The summed E-state index contributed by atoms with van der Waals surface area (Å²) < 4.78 is 0. The predicted molar refractivity (Wildman–Crippen MR) is 172 cm³/mol. The Balaban J connectivity index is 1.60. The second-order valence-corrected chi connectivity index (χ2v) is 12.3. The summed E-state index contributed by atoms with van der Waals surface area (Å²) in [5.41, 5.74) is 15.0. The van der Waals surface area contributed by atoms with Gasteiger partial charge in [0.2, 0.25) is 0 Å². The first-order valence-electron chi connectivity index (χ1n) is 14.3. The summed E-state index contributed by atoms with van der Waals surface area (Å²) in [4.78, 5) is 0. The Bertz CT molecular complexity index is 1930. The molecule has 6 aromatic carbocycles. The first kappa shape index (κ1) is 24.4. The van der Waals surface area contributed by atoms with Crippen molar-refractivity contribution in [3.8, 4) is 33.4 Å². The van der Waals surface area contributed by atoms with Gasteiger partial charge in [-0.25, -0.2) is 0 Å². The van der Waals surface area contributed by atoms with Crippen molar-refractivity contribution in [3.63, 3.8) is 0 Å². The van der Waals surface area contributed by atoms with E-state index in [2.05, 4.69) is 147 Å². The Morgan fingerprint density at radius 3 is 1.66 bits per heavy atom. The van der Waals surface area contributed by atoms with Gasteiger partial charge in [-0.05, 0) is 91.0 Å². The van der Waals surface area contributed by atoms with Crippen LogP contribution in [0.15, 0.2) is 140 Å². The molecule has 0 saturated heterocycles. The van der Waals surface area contributed by atoms with Crippen LogP contribution in [0.5, 0.6) is 0 Å². The number of fused-ring (bicyclic) bond motifs is 6. The normalized spacial score (nSPS) is 15.1. The van der Waals surface area contributed by atoms with Crippen LogP contribution in [0.25, 0.3) is 33.4 Å². The molecule has 0 aliphatic heterocycles. The maximum absolute atomic E-state index is 6.57. The van der Waals surface area contributed by atoms with E-state index >= 15 is 0 Å². The van der Waals surface area contributed by atoms with Crippen LogP contribution in [0.2, 0.25) is 5.02 Å². The molecule has 0 aromatic heterocycles. The Kier molecular flexibility index (Phi) is 5.24. The first-order valence-corrected chi connectivity index (χ1v) is 14.7. The Morgan fingerprint density at radius 2 is 1.00 bits per heavy atom. The highest BCUT2D eigenvalue weighted by Crippen LogP contribution is 2.61. The van der Waals surface area contributed by atoms with E-state index in [0.717, 1.165) is 10.6 Å². The van der Waals surface area contributed by atoms with Gasteiger partial charge in [-0.15, -0.1) is 0 Å². The van der Waals surface area contributed by atoms with E-state index in [9.17, 15) is 0 Å². The van der Waals surface area contributed by atoms with Crippen LogP contribution in [0.3, 0.4) is 0 Å². The van der Waals surface area contributed by atoms with Gasteiger partial charge in [0.15, 0.2) is 0 Å². The second-order valence-electron chi connectivity index (χ2n) is 11.8. The zero-order chi connectivity index (χ0) is 27.8. The fourth-order valence-electron chi connectivity index (χ4n) is 7.63. The van der Waals surface area contributed by atoms with Crippen LogP contribution in [0.1, 0.15) is 47.2 Å². The minimum Gasteiger partial charge on any atom is -0.0843 e. The molecular formula is C40H29Cl. The zero-order valence-corrected chi connectivity index (χ0v) is 23.9. The fourth-order valence-corrected chi connectivity index (χ4v) is 7.82. The molecule has 0 radical (unpaired) electrons. The van der Waals surface area contributed by atoms with Crippen molar-refractivity contribution in [2.45, 2.75) is 24.7 Å². The molecule has 41 heavy (non-hydrogen) atoms. The zero-order valence-electron chi connectivity index (χ0n) is 23.2. The number of rotatable bonds is 3. The lowest BCUT2D eigenvalue weighted by molar-refractivity contribution is 0.658. The van der Waals surface area contributed by atoms with Gasteiger partial charge in [0, 0.05) is 10.4 Å². The largest absolute Gasteiger partial charge is 0.0843 e. The third-order valence-corrected chi connectivity index (χ3v) is 9.64. The fraction of sp³-hybridized carbons (Fsp3) is 0.100. The van der Waals surface area contributed by atoms with E-state index < -0.39 is 5.41 Å². The Hall–Kier alpha value is -4.39. The molecule has 8 rings (SSSR count). The summed E-state index contributed by atoms with van der Waals surface area (Å²) in [5, 5.41) is 0.751. The molecule has 2 aliphatic carbocycles. The summed E-state index contributed by atoms with van der Waals surface area (Å²) in [6.45, 7) is 4.74. The van der Waals surface area contributed by atoms with E-state index in [4.69, 9.17) is 11.6 Å². The molecule has 0 nitrogen and oxygen atoms in total. The molecule has 0 bridgehead atoms. The van der Waals surface area contributed by atoms with Crippen LogP contribution in [-0.4, -0.2) is 0 Å². The average molecular weight is 545 g/mol. The van der Waals surface area contributed by atoms with Crippen molar-refractivity contribution in [2.24, 2.45) is 0 Å². The van der Waals surface area contributed by atoms with Gasteiger partial charge in [0.1, 0.15) is 0 Å². The lowest BCUT2D eigenvalue weighted by atomic mass is 9.65. The first-order chi connectivity index (χ1) is 20.0. The van der Waals surface area contributed by atoms with Crippen molar-refractivity contribution in [3.05, 3.63) is 178 Å². The van der Waals surface area contributed by atoms with E-state index in [1.54, 1.807) is 0 Å². The Morgan fingerprint density at radius 1 is 0.439 bits per heavy atom. The minimum absolute atomic E-state index is 0.148. The molecule has 0 N–H and O–H groups in total.